The SMILES string of the molecule is CCC(=O)OCCOCCOCCOCCNC(=O)CC(C)(C)C. The van der Waals surface area contributed by atoms with E-state index in [1.54, 1.807) is 6.92 Å². The molecule has 1 amide bonds. The van der Waals surface area contributed by atoms with Gasteiger partial charge in [-0.3, -0.25) is 9.59 Å². The van der Waals surface area contributed by atoms with Crippen molar-refractivity contribution in [1.29, 1.82) is 0 Å². The highest BCUT2D eigenvalue weighted by atomic mass is 16.6. The molecule has 0 atom stereocenters. The van der Waals surface area contributed by atoms with E-state index in [2.05, 4.69) is 5.32 Å². The summed E-state index contributed by atoms with van der Waals surface area (Å²) in [6, 6.07) is 0. The molecule has 0 aromatic carbocycles. The number of nitrogens with one attached hydrogen (secondary N) is 1. The van der Waals surface area contributed by atoms with E-state index in [1.165, 1.54) is 0 Å². The van der Waals surface area contributed by atoms with Crippen molar-refractivity contribution in [1.82, 2.24) is 5.32 Å². The Kier molecular flexibility index (Phi) is 13.5. The average Bonchev–Trinajstić information content (AvgIpc) is 2.49. The first kappa shape index (κ1) is 22.8. The molecule has 24 heavy (non-hydrogen) atoms. The Balaban J connectivity index is 3.20. The highest BCUT2D eigenvalue weighted by molar-refractivity contribution is 5.76. The summed E-state index contributed by atoms with van der Waals surface area (Å²) in [6.45, 7) is 11.3. The Morgan fingerprint density at radius 1 is 0.833 bits per heavy atom. The molecule has 0 unspecified atom stereocenters. The van der Waals surface area contributed by atoms with Gasteiger partial charge < -0.3 is 24.3 Å². The van der Waals surface area contributed by atoms with Crippen LogP contribution in [-0.4, -0.2) is 64.7 Å². The molecule has 142 valence electrons. The molecule has 0 spiro atoms. The van der Waals surface area contributed by atoms with Gasteiger partial charge in [0.05, 0.1) is 39.6 Å². The number of ether oxygens (including phenoxy) is 4. The fourth-order valence-corrected chi connectivity index (χ4v) is 1.67. The Labute approximate surface area is 145 Å². The van der Waals surface area contributed by atoms with E-state index in [0.29, 0.717) is 59.0 Å². The lowest BCUT2D eigenvalue weighted by atomic mass is 9.92. The second-order valence-corrected chi connectivity index (χ2v) is 6.50. The van der Waals surface area contributed by atoms with Crippen molar-refractivity contribution >= 4 is 11.9 Å². The molecular weight excluding hydrogens is 314 g/mol. The lowest BCUT2D eigenvalue weighted by Gasteiger charge is -2.17. The number of esters is 1. The van der Waals surface area contributed by atoms with Gasteiger partial charge in [0.25, 0.3) is 0 Å². The van der Waals surface area contributed by atoms with Gasteiger partial charge in [-0.1, -0.05) is 27.7 Å². The molecule has 0 saturated heterocycles. The predicted molar refractivity (Wildman–Crippen MR) is 90.8 cm³/mol. The Morgan fingerprint density at radius 2 is 1.33 bits per heavy atom. The van der Waals surface area contributed by atoms with Crippen LogP contribution in [0.3, 0.4) is 0 Å². The molecule has 0 aromatic heterocycles. The number of carbonyl (C=O) groups excluding carboxylic acids is 2. The first-order chi connectivity index (χ1) is 11.3. The maximum atomic E-state index is 11.6. The highest BCUT2D eigenvalue weighted by Crippen LogP contribution is 2.17. The largest absolute Gasteiger partial charge is 0.463 e. The fourth-order valence-electron chi connectivity index (χ4n) is 1.67. The van der Waals surface area contributed by atoms with E-state index in [4.69, 9.17) is 18.9 Å². The Bertz CT molecular complexity index is 340. The minimum absolute atomic E-state index is 0.00148. The maximum absolute atomic E-state index is 11.6. The van der Waals surface area contributed by atoms with Crippen LogP contribution in [0.15, 0.2) is 0 Å². The molecule has 0 radical (unpaired) electrons. The van der Waals surface area contributed by atoms with Crippen LogP contribution < -0.4 is 5.32 Å². The topological polar surface area (TPSA) is 83.1 Å². The molecule has 0 aliphatic heterocycles. The van der Waals surface area contributed by atoms with Gasteiger partial charge in [-0.2, -0.15) is 0 Å². The maximum Gasteiger partial charge on any atom is 0.305 e. The van der Waals surface area contributed by atoms with E-state index in [-0.39, 0.29) is 23.9 Å². The molecule has 0 heterocycles. The average molecular weight is 347 g/mol. The first-order valence-corrected chi connectivity index (χ1v) is 8.50. The molecule has 0 aliphatic rings. The van der Waals surface area contributed by atoms with Crippen molar-refractivity contribution in [2.75, 3.05) is 52.8 Å². The molecule has 1 N–H and O–H groups in total. The monoisotopic (exact) mass is 347 g/mol. The van der Waals surface area contributed by atoms with Crippen molar-refractivity contribution in [3.63, 3.8) is 0 Å². The molecule has 7 heteroatoms. The van der Waals surface area contributed by atoms with Crippen molar-refractivity contribution in [3.05, 3.63) is 0 Å². The van der Waals surface area contributed by atoms with Crippen LogP contribution in [-0.2, 0) is 28.5 Å². The number of hydrogen-bond donors (Lipinski definition) is 1. The quantitative estimate of drug-likeness (QED) is 0.379. The number of hydrogen-bond acceptors (Lipinski definition) is 6. The Morgan fingerprint density at radius 3 is 1.83 bits per heavy atom. The summed E-state index contributed by atoms with van der Waals surface area (Å²) in [7, 11) is 0. The van der Waals surface area contributed by atoms with Gasteiger partial charge in [-0.05, 0) is 5.41 Å². The zero-order chi connectivity index (χ0) is 18.3. The molecule has 0 rings (SSSR count). The minimum Gasteiger partial charge on any atom is -0.463 e. The first-order valence-electron chi connectivity index (χ1n) is 8.50. The summed E-state index contributed by atoms with van der Waals surface area (Å²) in [4.78, 5) is 22.4. The smallest absolute Gasteiger partial charge is 0.305 e. The van der Waals surface area contributed by atoms with Crippen molar-refractivity contribution in [2.24, 2.45) is 5.41 Å². The normalized spacial score (nSPS) is 11.3. The highest BCUT2D eigenvalue weighted by Gasteiger charge is 2.15. The molecule has 0 bridgehead atoms. The van der Waals surface area contributed by atoms with E-state index in [1.807, 2.05) is 20.8 Å². The molecule has 0 saturated carbocycles. The number of rotatable bonds is 14. The van der Waals surface area contributed by atoms with Gasteiger partial charge in [0.1, 0.15) is 6.61 Å². The van der Waals surface area contributed by atoms with E-state index in [0.717, 1.165) is 0 Å². The van der Waals surface area contributed by atoms with E-state index in [9.17, 15) is 9.59 Å². The lowest BCUT2D eigenvalue weighted by Crippen LogP contribution is -2.30. The zero-order valence-electron chi connectivity index (χ0n) is 15.5. The van der Waals surface area contributed by atoms with Crippen LogP contribution >= 0.6 is 0 Å². The van der Waals surface area contributed by atoms with Crippen LogP contribution in [0.4, 0.5) is 0 Å². The van der Waals surface area contributed by atoms with Crippen molar-refractivity contribution in [2.45, 2.75) is 40.5 Å². The standard InChI is InChI=1S/C17H33NO6/c1-5-16(20)24-13-12-23-11-10-22-9-8-21-7-6-18-15(19)14-17(2,3)4/h5-14H2,1-4H3,(H,18,19). The van der Waals surface area contributed by atoms with E-state index >= 15 is 0 Å². The van der Waals surface area contributed by atoms with Crippen LogP contribution in [0.5, 0.6) is 0 Å². The number of carbonyl (C=O) groups is 2. The molecule has 0 fully saturated rings. The minimum atomic E-state index is -0.221. The Hall–Kier alpha value is -1.18. The van der Waals surface area contributed by atoms with Gasteiger partial charge >= 0.3 is 5.97 Å². The van der Waals surface area contributed by atoms with E-state index < -0.39 is 0 Å². The van der Waals surface area contributed by atoms with Crippen LogP contribution in [0.2, 0.25) is 0 Å². The molecule has 0 aliphatic carbocycles. The van der Waals surface area contributed by atoms with Crippen molar-refractivity contribution < 1.29 is 28.5 Å². The third-order valence-corrected chi connectivity index (χ3v) is 2.78. The predicted octanol–water partition coefficient (Wildman–Crippen LogP) is 1.54. The third-order valence-electron chi connectivity index (χ3n) is 2.78. The van der Waals surface area contributed by atoms with Gasteiger partial charge in [-0.25, -0.2) is 0 Å². The summed E-state index contributed by atoms with van der Waals surface area (Å²) in [6.07, 6.45) is 0.886. The van der Waals surface area contributed by atoms with Crippen LogP contribution in [0.25, 0.3) is 0 Å². The van der Waals surface area contributed by atoms with Gasteiger partial charge in [0, 0.05) is 19.4 Å². The van der Waals surface area contributed by atoms with Crippen LogP contribution in [0, 0.1) is 5.41 Å². The molecule has 0 aromatic rings. The fraction of sp³-hybridized carbons (Fsp3) is 0.882. The summed E-state index contributed by atoms with van der Waals surface area (Å²) in [5.41, 5.74) is -0.00148. The molecular formula is C17H33NO6. The third kappa shape index (κ3) is 17.2. The summed E-state index contributed by atoms with van der Waals surface area (Å²) in [5, 5.41) is 2.82. The number of amides is 1. The summed E-state index contributed by atoms with van der Waals surface area (Å²) in [5.74, 6) is -0.175. The van der Waals surface area contributed by atoms with Gasteiger partial charge in [0.2, 0.25) is 5.91 Å². The lowest BCUT2D eigenvalue weighted by molar-refractivity contribution is -0.145. The second kappa shape index (κ2) is 14.2. The van der Waals surface area contributed by atoms with Gasteiger partial charge in [0.15, 0.2) is 0 Å². The zero-order valence-corrected chi connectivity index (χ0v) is 15.5. The summed E-state index contributed by atoms with van der Waals surface area (Å²) < 4.78 is 20.8. The second-order valence-electron chi connectivity index (χ2n) is 6.50. The summed E-state index contributed by atoms with van der Waals surface area (Å²) >= 11 is 0. The van der Waals surface area contributed by atoms with Gasteiger partial charge in [-0.15, -0.1) is 0 Å². The van der Waals surface area contributed by atoms with Crippen LogP contribution in [0.1, 0.15) is 40.5 Å². The van der Waals surface area contributed by atoms with Crippen molar-refractivity contribution in [3.8, 4) is 0 Å². The molecule has 7 nitrogen and oxygen atoms in total.